The molecule has 0 saturated heterocycles. The summed E-state index contributed by atoms with van der Waals surface area (Å²) in [7, 11) is 0. The van der Waals surface area contributed by atoms with Gasteiger partial charge in [0.1, 0.15) is 11.6 Å². The summed E-state index contributed by atoms with van der Waals surface area (Å²) in [6.07, 6.45) is 1.77. The fourth-order valence-corrected chi connectivity index (χ4v) is 3.14. The summed E-state index contributed by atoms with van der Waals surface area (Å²) in [5, 5.41) is 11.2. The van der Waals surface area contributed by atoms with Gasteiger partial charge in [0.15, 0.2) is 0 Å². The van der Waals surface area contributed by atoms with Gasteiger partial charge in [-0.2, -0.15) is 0 Å². The van der Waals surface area contributed by atoms with E-state index in [1.807, 2.05) is 0 Å². The molecule has 130 valence electrons. The number of aromatic nitrogens is 2. The third kappa shape index (κ3) is 2.66. The van der Waals surface area contributed by atoms with Gasteiger partial charge in [-0.1, -0.05) is 12.1 Å². The average Bonchev–Trinajstić information content (AvgIpc) is 3.00. The monoisotopic (exact) mass is 370 g/mol. The van der Waals surface area contributed by atoms with Gasteiger partial charge in [0.05, 0.1) is 34.4 Å². The van der Waals surface area contributed by atoms with E-state index in [1.54, 1.807) is 35.0 Å². The van der Waals surface area contributed by atoms with Crippen LogP contribution in [0.1, 0.15) is 22.6 Å². The van der Waals surface area contributed by atoms with Crippen LogP contribution in [0.4, 0.5) is 10.1 Å². The smallest absolute Gasteiger partial charge is 0.270 e. The lowest BCUT2D eigenvalue weighted by atomic mass is 9.99. The Labute approximate surface area is 152 Å². The maximum Gasteiger partial charge on any atom is 0.270 e. The molecule has 0 N–H and O–H groups in total. The fourth-order valence-electron chi connectivity index (χ4n) is 3.01. The van der Waals surface area contributed by atoms with Crippen molar-refractivity contribution in [3.8, 4) is 5.69 Å². The van der Waals surface area contributed by atoms with Crippen LogP contribution in [0.3, 0.4) is 0 Å². The lowest BCUT2D eigenvalue weighted by molar-refractivity contribution is -0.384. The Hall–Kier alpha value is -3.06. The van der Waals surface area contributed by atoms with Crippen molar-refractivity contribution in [3.63, 3.8) is 0 Å². The summed E-state index contributed by atoms with van der Waals surface area (Å²) in [5.74, 6) is 0.443. The Morgan fingerprint density at radius 3 is 2.77 bits per heavy atom. The second kappa shape index (κ2) is 6.34. The van der Waals surface area contributed by atoms with E-state index in [0.29, 0.717) is 28.5 Å². The molecule has 3 aromatic rings. The van der Waals surface area contributed by atoms with Crippen LogP contribution in [0.15, 0.2) is 53.7 Å². The van der Waals surface area contributed by atoms with Crippen molar-refractivity contribution in [1.82, 2.24) is 9.55 Å². The molecule has 0 saturated carbocycles. The molecule has 0 atom stereocenters. The standard InChI is InChI=1S/C18H12ClFN4O2/c19-8-11-10-23-16-6-5-12(24(25)26)7-14(16)18(21-9-17(23)22-11)13-3-1-2-4-15(13)20/h1-7,10H,8-9H2. The molecule has 8 heteroatoms. The molecule has 0 amide bonds. The number of nitrogens with zero attached hydrogens (tertiary/aromatic N) is 4. The number of benzene rings is 2. The van der Waals surface area contributed by atoms with E-state index in [2.05, 4.69) is 9.98 Å². The van der Waals surface area contributed by atoms with Crippen molar-refractivity contribution in [3.05, 3.63) is 87.2 Å². The maximum atomic E-state index is 14.4. The van der Waals surface area contributed by atoms with Gasteiger partial charge in [-0.15, -0.1) is 11.6 Å². The Morgan fingerprint density at radius 2 is 2.04 bits per heavy atom. The number of halogens is 2. The van der Waals surface area contributed by atoms with Gasteiger partial charge < -0.3 is 4.57 Å². The molecule has 0 fully saturated rings. The lowest BCUT2D eigenvalue weighted by Gasteiger charge is -2.12. The quantitative estimate of drug-likeness (QED) is 0.397. The van der Waals surface area contributed by atoms with E-state index in [-0.39, 0.29) is 23.7 Å². The van der Waals surface area contributed by atoms with Crippen LogP contribution in [-0.4, -0.2) is 20.2 Å². The summed E-state index contributed by atoms with van der Waals surface area (Å²) < 4.78 is 16.2. The molecule has 2 aromatic carbocycles. The Bertz CT molecular complexity index is 1060. The summed E-state index contributed by atoms with van der Waals surface area (Å²) >= 11 is 5.88. The molecule has 0 aliphatic carbocycles. The Balaban J connectivity index is 1.99. The lowest BCUT2D eigenvalue weighted by Crippen LogP contribution is -2.09. The Morgan fingerprint density at radius 1 is 1.23 bits per heavy atom. The second-order valence-corrected chi connectivity index (χ2v) is 6.02. The molecule has 4 rings (SSSR count). The van der Waals surface area contributed by atoms with Gasteiger partial charge in [0.25, 0.3) is 5.69 Å². The highest BCUT2D eigenvalue weighted by molar-refractivity contribution is 6.17. The van der Waals surface area contributed by atoms with Crippen molar-refractivity contribution >= 4 is 23.0 Å². The fraction of sp³-hybridized carbons (Fsp3) is 0.111. The van der Waals surface area contributed by atoms with Crippen LogP contribution in [0.25, 0.3) is 5.69 Å². The van der Waals surface area contributed by atoms with E-state index in [1.165, 1.54) is 18.2 Å². The molecule has 0 bridgehead atoms. The van der Waals surface area contributed by atoms with Gasteiger partial charge in [0.2, 0.25) is 0 Å². The number of non-ortho nitro benzene ring substituents is 1. The van der Waals surface area contributed by atoms with Gasteiger partial charge >= 0.3 is 0 Å². The van der Waals surface area contributed by atoms with Crippen LogP contribution >= 0.6 is 11.6 Å². The van der Waals surface area contributed by atoms with E-state index in [9.17, 15) is 14.5 Å². The third-order valence-corrected chi connectivity index (χ3v) is 4.45. The number of hydrogen-bond acceptors (Lipinski definition) is 4. The zero-order valence-electron chi connectivity index (χ0n) is 13.4. The van der Waals surface area contributed by atoms with Crippen molar-refractivity contribution in [2.45, 2.75) is 12.4 Å². The highest BCUT2D eigenvalue weighted by Crippen LogP contribution is 2.29. The van der Waals surface area contributed by atoms with Gasteiger partial charge in [0, 0.05) is 29.5 Å². The van der Waals surface area contributed by atoms with Crippen molar-refractivity contribution < 1.29 is 9.31 Å². The van der Waals surface area contributed by atoms with Crippen molar-refractivity contribution in [2.24, 2.45) is 4.99 Å². The van der Waals surface area contributed by atoms with Crippen molar-refractivity contribution in [2.75, 3.05) is 0 Å². The molecule has 2 heterocycles. The number of rotatable bonds is 3. The van der Waals surface area contributed by atoms with Crippen LogP contribution < -0.4 is 0 Å². The van der Waals surface area contributed by atoms with E-state index >= 15 is 0 Å². The number of aliphatic imine (C=N–C) groups is 1. The first-order valence-electron chi connectivity index (χ1n) is 7.80. The number of hydrogen-bond donors (Lipinski definition) is 0. The molecule has 6 nitrogen and oxygen atoms in total. The minimum Gasteiger partial charge on any atom is -0.301 e. The van der Waals surface area contributed by atoms with Gasteiger partial charge in [-0.05, 0) is 18.2 Å². The van der Waals surface area contributed by atoms with E-state index in [4.69, 9.17) is 11.6 Å². The van der Waals surface area contributed by atoms with Gasteiger partial charge in [-0.25, -0.2) is 9.37 Å². The topological polar surface area (TPSA) is 73.3 Å². The summed E-state index contributed by atoms with van der Waals surface area (Å²) in [6.45, 7) is 0.211. The van der Waals surface area contributed by atoms with E-state index in [0.717, 1.165) is 0 Å². The van der Waals surface area contributed by atoms with Crippen LogP contribution in [0, 0.1) is 15.9 Å². The summed E-state index contributed by atoms with van der Waals surface area (Å²) in [6, 6.07) is 10.7. The zero-order valence-corrected chi connectivity index (χ0v) is 14.2. The molecule has 26 heavy (non-hydrogen) atoms. The van der Waals surface area contributed by atoms with Crippen LogP contribution in [0.5, 0.6) is 0 Å². The van der Waals surface area contributed by atoms with Crippen LogP contribution in [-0.2, 0) is 12.4 Å². The average molecular weight is 371 g/mol. The number of alkyl halides is 1. The molecule has 1 aliphatic heterocycles. The predicted molar refractivity (Wildman–Crippen MR) is 95.5 cm³/mol. The SMILES string of the molecule is O=[N+]([O-])c1ccc2c(c1)C(c1ccccc1F)=NCc1nc(CCl)cn1-2. The molecule has 0 unspecified atom stereocenters. The molecule has 0 spiro atoms. The normalized spacial score (nSPS) is 12.8. The summed E-state index contributed by atoms with van der Waals surface area (Å²) in [5.41, 5.74) is 2.36. The minimum absolute atomic E-state index is 0.0890. The number of nitro benzene ring substituents is 1. The van der Waals surface area contributed by atoms with Crippen LogP contribution in [0.2, 0.25) is 0 Å². The predicted octanol–water partition coefficient (Wildman–Crippen LogP) is 4.01. The first kappa shape index (κ1) is 16.4. The molecule has 1 aliphatic rings. The number of fused-ring (bicyclic) bond motifs is 3. The molecule has 0 radical (unpaired) electrons. The highest BCUT2D eigenvalue weighted by atomic mass is 35.5. The third-order valence-electron chi connectivity index (χ3n) is 4.18. The van der Waals surface area contributed by atoms with E-state index < -0.39 is 10.7 Å². The number of nitro groups is 1. The number of imidazole rings is 1. The molecular formula is C18H12ClFN4O2. The first-order valence-corrected chi connectivity index (χ1v) is 8.33. The second-order valence-electron chi connectivity index (χ2n) is 5.76. The highest BCUT2D eigenvalue weighted by Gasteiger charge is 2.24. The Kier molecular flexibility index (Phi) is 4.00. The van der Waals surface area contributed by atoms with Crippen molar-refractivity contribution in [1.29, 1.82) is 0 Å². The minimum atomic E-state index is -0.483. The zero-order chi connectivity index (χ0) is 18.3. The first-order chi connectivity index (χ1) is 12.6. The maximum absolute atomic E-state index is 14.4. The molecular weight excluding hydrogens is 359 g/mol. The summed E-state index contributed by atoms with van der Waals surface area (Å²) in [4.78, 5) is 19.7. The van der Waals surface area contributed by atoms with Gasteiger partial charge in [-0.3, -0.25) is 15.1 Å². The molecule has 1 aromatic heterocycles. The largest absolute Gasteiger partial charge is 0.301 e.